The molecule has 13 heteroatoms. The molecular weight excluding hydrogens is 340 g/mol. The summed E-state index contributed by atoms with van der Waals surface area (Å²) in [6, 6.07) is -4.69. The first kappa shape index (κ1) is 20.3. The number of amides is 3. The summed E-state index contributed by atoms with van der Waals surface area (Å²) in [4.78, 5) is 33.8. The van der Waals surface area contributed by atoms with E-state index in [0.717, 1.165) is 0 Å². The largest absolute Gasteiger partial charge is 0.480 e. The molecule has 0 bridgehead atoms. The van der Waals surface area contributed by atoms with Gasteiger partial charge in [-0.25, -0.2) is 9.59 Å². The molecule has 1 heterocycles. The fraction of sp³-hybridized carbons (Fsp3) is 0.583. The van der Waals surface area contributed by atoms with Crippen LogP contribution in [0.1, 0.15) is 37.2 Å². The second kappa shape index (κ2) is 8.91. The van der Waals surface area contributed by atoms with Gasteiger partial charge in [-0.1, -0.05) is 0 Å². The van der Waals surface area contributed by atoms with Gasteiger partial charge in [-0.2, -0.15) is 0 Å². The lowest BCUT2D eigenvalue weighted by Crippen LogP contribution is -2.49. The number of carbonyl (C=O) groups is 3. The Morgan fingerprint density at radius 2 is 1.84 bits per heavy atom. The van der Waals surface area contributed by atoms with E-state index in [0.29, 0.717) is 0 Å². The van der Waals surface area contributed by atoms with Gasteiger partial charge in [0, 0.05) is 0 Å². The van der Waals surface area contributed by atoms with Gasteiger partial charge in [-0.15, -0.1) is 10.2 Å². The molecule has 9 N–H and O–H groups in total. The average molecular weight is 360 g/mol. The number of carboxylic acid groups (broad SMARTS) is 1. The summed E-state index contributed by atoms with van der Waals surface area (Å²) in [6.45, 7) is 0.569. The minimum Gasteiger partial charge on any atom is -0.480 e. The van der Waals surface area contributed by atoms with Crippen LogP contribution in [-0.2, 0) is 9.59 Å². The quantitative estimate of drug-likeness (QED) is 0.238. The number of carboxylic acids is 1. The van der Waals surface area contributed by atoms with E-state index in [-0.39, 0.29) is 11.8 Å². The van der Waals surface area contributed by atoms with Crippen molar-refractivity contribution in [3.63, 3.8) is 0 Å². The topological polar surface area (TPSA) is 227 Å². The van der Waals surface area contributed by atoms with E-state index in [4.69, 9.17) is 26.1 Å². The van der Waals surface area contributed by atoms with Gasteiger partial charge in [0.15, 0.2) is 6.04 Å². The lowest BCUT2D eigenvalue weighted by Gasteiger charge is -2.17. The van der Waals surface area contributed by atoms with Crippen LogP contribution in [0.4, 0.5) is 4.79 Å². The van der Waals surface area contributed by atoms with Crippen LogP contribution >= 0.6 is 0 Å². The predicted molar refractivity (Wildman–Crippen MR) is 79.6 cm³/mol. The summed E-state index contributed by atoms with van der Waals surface area (Å²) in [5, 5.41) is 38.5. The summed E-state index contributed by atoms with van der Waals surface area (Å²) < 4.78 is 5.23. The lowest BCUT2D eigenvalue weighted by atomic mass is 10.2. The number of carbonyl (C=O) groups excluding carboxylic acids is 2. The van der Waals surface area contributed by atoms with Crippen LogP contribution in [0.2, 0.25) is 0 Å². The molecule has 0 aliphatic carbocycles. The van der Waals surface area contributed by atoms with Crippen LogP contribution in [0, 0.1) is 0 Å². The van der Waals surface area contributed by atoms with Crippen molar-refractivity contribution in [1.29, 1.82) is 0 Å². The van der Waals surface area contributed by atoms with Crippen LogP contribution in [-0.4, -0.2) is 62.2 Å². The molecule has 4 unspecified atom stereocenters. The lowest BCUT2D eigenvalue weighted by molar-refractivity contribution is -0.140. The molecule has 0 aliphatic rings. The minimum atomic E-state index is -1.55. The summed E-state index contributed by atoms with van der Waals surface area (Å²) in [7, 11) is 0. The van der Waals surface area contributed by atoms with E-state index in [1.807, 2.05) is 5.32 Å². The van der Waals surface area contributed by atoms with E-state index in [1.165, 1.54) is 6.92 Å². The number of aromatic nitrogens is 2. The molecule has 1 aromatic rings. The molecular formula is C12H20N6O7. The molecule has 4 atom stereocenters. The standard InChI is InChI=1S/C12H20N6O7/c1-4(20)8(14)10-18-17-9(25-10)5(2-7(13)21)15-12(24)16-6(3-19)11(22)23/h4-6,8,19-20H,2-3,14H2,1H3,(H2,13,21)(H,22,23)(H2,15,16,24). The van der Waals surface area contributed by atoms with Crippen molar-refractivity contribution in [3.05, 3.63) is 11.8 Å². The van der Waals surface area contributed by atoms with Crippen molar-refractivity contribution in [2.24, 2.45) is 11.5 Å². The number of aliphatic carboxylic acids is 1. The normalized spacial score (nSPS) is 15.7. The summed E-state index contributed by atoms with van der Waals surface area (Å²) in [5.74, 6) is -2.59. The highest BCUT2D eigenvalue weighted by atomic mass is 16.4. The predicted octanol–water partition coefficient (Wildman–Crippen LogP) is -2.89. The first-order chi connectivity index (χ1) is 11.6. The number of nitrogens with two attached hydrogens (primary N) is 2. The van der Waals surface area contributed by atoms with Crippen molar-refractivity contribution in [2.45, 2.75) is 37.6 Å². The molecule has 1 rings (SSSR count). The Bertz CT molecular complexity index is 619. The van der Waals surface area contributed by atoms with Crippen LogP contribution in [0.5, 0.6) is 0 Å². The Hall–Kier alpha value is -2.77. The zero-order chi connectivity index (χ0) is 19.1. The van der Waals surface area contributed by atoms with E-state index >= 15 is 0 Å². The fourth-order valence-electron chi connectivity index (χ4n) is 1.67. The highest BCUT2D eigenvalue weighted by Gasteiger charge is 2.27. The van der Waals surface area contributed by atoms with Gasteiger partial charge in [0.2, 0.25) is 17.7 Å². The van der Waals surface area contributed by atoms with Crippen molar-refractivity contribution in [3.8, 4) is 0 Å². The van der Waals surface area contributed by atoms with Gasteiger partial charge in [0.1, 0.15) is 12.1 Å². The maximum absolute atomic E-state index is 11.8. The van der Waals surface area contributed by atoms with Gasteiger partial charge in [-0.05, 0) is 6.92 Å². The minimum absolute atomic E-state index is 0.125. The molecule has 0 aliphatic heterocycles. The van der Waals surface area contributed by atoms with Crippen LogP contribution in [0.25, 0.3) is 0 Å². The molecule has 3 amide bonds. The van der Waals surface area contributed by atoms with Crippen molar-refractivity contribution >= 4 is 17.9 Å². The van der Waals surface area contributed by atoms with Crippen molar-refractivity contribution in [1.82, 2.24) is 20.8 Å². The van der Waals surface area contributed by atoms with Crippen LogP contribution in [0.3, 0.4) is 0 Å². The Morgan fingerprint density at radius 3 is 2.32 bits per heavy atom. The maximum Gasteiger partial charge on any atom is 0.328 e. The SMILES string of the molecule is CC(O)C(N)c1nnc(C(CC(N)=O)NC(=O)NC(CO)C(=O)O)o1. The Morgan fingerprint density at radius 1 is 1.24 bits per heavy atom. The highest BCUT2D eigenvalue weighted by Crippen LogP contribution is 2.19. The fourth-order valence-corrected chi connectivity index (χ4v) is 1.67. The Balaban J connectivity index is 2.89. The monoisotopic (exact) mass is 360 g/mol. The number of primary amides is 1. The molecule has 0 saturated carbocycles. The van der Waals surface area contributed by atoms with Gasteiger partial charge in [0.05, 0.1) is 19.1 Å². The zero-order valence-corrected chi connectivity index (χ0v) is 13.2. The number of urea groups is 1. The third-order valence-electron chi connectivity index (χ3n) is 3.06. The number of nitrogens with one attached hydrogen (secondary N) is 2. The molecule has 0 aromatic carbocycles. The molecule has 0 spiro atoms. The van der Waals surface area contributed by atoms with Gasteiger partial charge >= 0.3 is 12.0 Å². The zero-order valence-electron chi connectivity index (χ0n) is 13.2. The summed E-state index contributed by atoms with van der Waals surface area (Å²) in [6.07, 6.45) is -1.41. The molecule has 140 valence electrons. The van der Waals surface area contributed by atoms with Crippen LogP contribution < -0.4 is 22.1 Å². The number of aliphatic hydroxyl groups excluding tert-OH is 2. The average Bonchev–Trinajstić information content (AvgIpc) is 3.00. The number of nitrogens with zero attached hydrogens (tertiary/aromatic N) is 2. The smallest absolute Gasteiger partial charge is 0.328 e. The van der Waals surface area contributed by atoms with Gasteiger partial charge < -0.3 is 41.8 Å². The van der Waals surface area contributed by atoms with E-state index in [1.54, 1.807) is 0 Å². The van der Waals surface area contributed by atoms with E-state index < -0.39 is 55.2 Å². The third-order valence-corrected chi connectivity index (χ3v) is 3.06. The van der Waals surface area contributed by atoms with E-state index in [2.05, 4.69) is 15.5 Å². The second-order valence-electron chi connectivity index (χ2n) is 5.16. The Kier molecular flexibility index (Phi) is 7.22. The maximum atomic E-state index is 11.8. The summed E-state index contributed by atoms with van der Waals surface area (Å²) >= 11 is 0. The molecule has 1 aromatic heterocycles. The number of aliphatic hydroxyl groups is 2. The molecule has 13 nitrogen and oxygen atoms in total. The number of hydrogen-bond acceptors (Lipinski definition) is 9. The third kappa shape index (κ3) is 5.98. The first-order valence-corrected chi connectivity index (χ1v) is 7.11. The summed E-state index contributed by atoms with van der Waals surface area (Å²) in [5.41, 5.74) is 10.7. The van der Waals surface area contributed by atoms with E-state index in [9.17, 15) is 19.5 Å². The number of hydrogen-bond donors (Lipinski definition) is 7. The molecule has 25 heavy (non-hydrogen) atoms. The van der Waals surface area contributed by atoms with Gasteiger partial charge in [-0.3, -0.25) is 4.79 Å². The highest BCUT2D eigenvalue weighted by molar-refractivity contribution is 5.83. The first-order valence-electron chi connectivity index (χ1n) is 7.11. The van der Waals surface area contributed by atoms with Gasteiger partial charge in [0.25, 0.3) is 0 Å². The molecule has 0 fully saturated rings. The van der Waals surface area contributed by atoms with Crippen LogP contribution in [0.15, 0.2) is 4.42 Å². The Labute approximate surface area is 141 Å². The number of rotatable bonds is 9. The van der Waals surface area contributed by atoms with Crippen molar-refractivity contribution < 1.29 is 34.1 Å². The van der Waals surface area contributed by atoms with Crippen molar-refractivity contribution in [2.75, 3.05) is 6.61 Å². The molecule has 0 saturated heterocycles. The molecule has 0 radical (unpaired) electrons. The second-order valence-corrected chi connectivity index (χ2v) is 5.16.